The van der Waals surface area contributed by atoms with Crippen molar-refractivity contribution < 1.29 is 19.8 Å². The van der Waals surface area contributed by atoms with Crippen LogP contribution in [0, 0.1) is 0 Å². The van der Waals surface area contributed by atoms with Gasteiger partial charge < -0.3 is 10.2 Å². The van der Waals surface area contributed by atoms with E-state index in [0.717, 1.165) is 0 Å². The highest BCUT2D eigenvalue weighted by Gasteiger charge is 2.11. The van der Waals surface area contributed by atoms with Gasteiger partial charge in [0.2, 0.25) is 0 Å². The summed E-state index contributed by atoms with van der Waals surface area (Å²) in [6.45, 7) is 1.36. The molecule has 2 aromatic rings. The van der Waals surface area contributed by atoms with Crippen molar-refractivity contribution in [1.29, 1.82) is 0 Å². The average molecular weight is 244 g/mol. The molecule has 0 aliphatic heterocycles. The number of Topliss-reactive ketones (excluding diaryl/α,β-unsaturated/α-hetero) is 2. The van der Waals surface area contributed by atoms with Gasteiger partial charge in [-0.25, -0.2) is 0 Å². The number of rotatable bonds is 3. The van der Waals surface area contributed by atoms with Crippen LogP contribution >= 0.6 is 0 Å². The average Bonchev–Trinajstić information content (AvgIpc) is 2.27. The van der Waals surface area contributed by atoms with E-state index in [9.17, 15) is 19.8 Å². The van der Waals surface area contributed by atoms with Crippen LogP contribution in [0.15, 0.2) is 30.3 Å². The molecule has 4 heteroatoms. The molecule has 0 aliphatic rings. The van der Waals surface area contributed by atoms with Gasteiger partial charge in [0.15, 0.2) is 5.78 Å². The maximum Gasteiger partial charge on any atom is 0.170 e. The highest BCUT2D eigenvalue weighted by Crippen LogP contribution is 2.30. The quantitative estimate of drug-likeness (QED) is 0.642. The molecule has 0 spiro atoms. The van der Waals surface area contributed by atoms with Gasteiger partial charge in [-0.05, 0) is 24.4 Å². The van der Waals surface area contributed by atoms with Crippen LogP contribution in [0.3, 0.4) is 0 Å². The van der Waals surface area contributed by atoms with Gasteiger partial charge in [-0.15, -0.1) is 0 Å². The SMILES string of the molecule is CC(=O)CC(=O)c1ccc2cc(O)cc(O)c2c1. The van der Waals surface area contributed by atoms with Crippen LogP contribution in [0.4, 0.5) is 0 Å². The van der Waals surface area contributed by atoms with Crippen LogP contribution in [0.2, 0.25) is 0 Å². The normalized spacial score (nSPS) is 10.5. The van der Waals surface area contributed by atoms with Crippen LogP contribution in [-0.4, -0.2) is 21.8 Å². The lowest BCUT2D eigenvalue weighted by atomic mass is 10.0. The van der Waals surface area contributed by atoms with Crippen LogP contribution in [-0.2, 0) is 4.79 Å². The highest BCUT2D eigenvalue weighted by molar-refractivity contribution is 6.09. The molecule has 2 N–H and O–H groups in total. The maximum atomic E-state index is 11.7. The molecule has 4 nitrogen and oxygen atoms in total. The van der Waals surface area contributed by atoms with Gasteiger partial charge in [0, 0.05) is 17.0 Å². The van der Waals surface area contributed by atoms with Gasteiger partial charge in [0.1, 0.15) is 17.3 Å². The summed E-state index contributed by atoms with van der Waals surface area (Å²) in [5.41, 5.74) is 0.374. The molecule has 0 unspecified atom stereocenters. The van der Waals surface area contributed by atoms with Crippen molar-refractivity contribution in [2.45, 2.75) is 13.3 Å². The Morgan fingerprint density at radius 3 is 2.50 bits per heavy atom. The maximum absolute atomic E-state index is 11.7. The van der Waals surface area contributed by atoms with E-state index in [1.165, 1.54) is 25.1 Å². The number of benzene rings is 2. The number of aromatic hydroxyl groups is 2. The molecule has 0 heterocycles. The van der Waals surface area contributed by atoms with E-state index in [-0.39, 0.29) is 29.5 Å². The van der Waals surface area contributed by atoms with Crippen molar-refractivity contribution in [2.75, 3.05) is 0 Å². The molecule has 0 bridgehead atoms. The second-order valence-corrected chi connectivity index (χ2v) is 4.20. The molecule has 0 radical (unpaired) electrons. The predicted octanol–water partition coefficient (Wildman–Crippen LogP) is 2.41. The van der Waals surface area contributed by atoms with Gasteiger partial charge in [0.25, 0.3) is 0 Å². The van der Waals surface area contributed by atoms with E-state index >= 15 is 0 Å². The smallest absolute Gasteiger partial charge is 0.170 e. The molecule has 2 aromatic carbocycles. The molecule has 0 saturated carbocycles. The van der Waals surface area contributed by atoms with Gasteiger partial charge in [-0.3, -0.25) is 9.59 Å². The molecule has 0 fully saturated rings. The molecular weight excluding hydrogens is 232 g/mol. The van der Waals surface area contributed by atoms with Gasteiger partial charge in [-0.1, -0.05) is 12.1 Å². The van der Waals surface area contributed by atoms with E-state index in [1.807, 2.05) is 0 Å². The highest BCUT2D eigenvalue weighted by atomic mass is 16.3. The minimum Gasteiger partial charge on any atom is -0.508 e. The Hall–Kier alpha value is -2.36. The fraction of sp³-hybridized carbons (Fsp3) is 0.143. The van der Waals surface area contributed by atoms with Crippen molar-refractivity contribution in [2.24, 2.45) is 0 Å². The summed E-state index contributed by atoms with van der Waals surface area (Å²) in [7, 11) is 0. The largest absolute Gasteiger partial charge is 0.508 e. The summed E-state index contributed by atoms with van der Waals surface area (Å²) < 4.78 is 0. The van der Waals surface area contributed by atoms with Crippen LogP contribution < -0.4 is 0 Å². The first-order valence-electron chi connectivity index (χ1n) is 5.46. The molecule has 0 atom stereocenters. The predicted molar refractivity (Wildman–Crippen MR) is 66.9 cm³/mol. The number of carbonyl (C=O) groups is 2. The Kier molecular flexibility index (Phi) is 3.02. The number of phenols is 2. The minimum atomic E-state index is -0.281. The van der Waals surface area contributed by atoms with Crippen LogP contribution in [0.5, 0.6) is 11.5 Å². The Labute approximate surface area is 103 Å². The zero-order valence-electron chi connectivity index (χ0n) is 9.80. The Bertz CT molecular complexity index is 644. The first kappa shape index (κ1) is 12.1. The molecule has 0 amide bonds. The summed E-state index contributed by atoms with van der Waals surface area (Å²) in [6, 6.07) is 7.43. The molecule has 92 valence electrons. The summed E-state index contributed by atoms with van der Waals surface area (Å²) in [5.74, 6) is -0.614. The fourth-order valence-corrected chi connectivity index (χ4v) is 1.82. The van der Waals surface area contributed by atoms with Crippen molar-refractivity contribution in [3.05, 3.63) is 35.9 Å². The number of phenolic OH excluding ortho intramolecular Hbond substituents is 2. The minimum absolute atomic E-state index is 0.0391. The van der Waals surface area contributed by atoms with E-state index in [4.69, 9.17) is 0 Å². The number of ketones is 2. The number of fused-ring (bicyclic) bond motifs is 1. The zero-order chi connectivity index (χ0) is 13.3. The van der Waals surface area contributed by atoms with E-state index in [1.54, 1.807) is 12.1 Å². The number of hydrogen-bond acceptors (Lipinski definition) is 4. The first-order chi connectivity index (χ1) is 8.47. The summed E-state index contributed by atoms with van der Waals surface area (Å²) in [5, 5.41) is 20.1. The molecule has 2 rings (SSSR count). The van der Waals surface area contributed by atoms with E-state index < -0.39 is 0 Å². The molecule has 0 aliphatic carbocycles. The molecule has 0 saturated heterocycles. The topological polar surface area (TPSA) is 74.6 Å². The third kappa shape index (κ3) is 2.32. The summed E-state index contributed by atoms with van der Waals surface area (Å²) >= 11 is 0. The standard InChI is InChI=1S/C14H12O4/c1-8(15)4-13(17)10-3-2-9-5-11(16)7-14(18)12(9)6-10/h2-3,5-7,16,18H,4H2,1H3. The van der Waals surface area contributed by atoms with E-state index in [2.05, 4.69) is 0 Å². The van der Waals surface area contributed by atoms with Crippen molar-refractivity contribution in [1.82, 2.24) is 0 Å². The number of hydrogen-bond donors (Lipinski definition) is 2. The Morgan fingerprint density at radius 2 is 1.83 bits per heavy atom. The summed E-state index contributed by atoms with van der Waals surface area (Å²) in [4.78, 5) is 22.6. The second kappa shape index (κ2) is 4.49. The second-order valence-electron chi connectivity index (χ2n) is 4.20. The first-order valence-corrected chi connectivity index (χ1v) is 5.46. The van der Waals surface area contributed by atoms with Crippen molar-refractivity contribution >= 4 is 22.3 Å². The van der Waals surface area contributed by atoms with Crippen LogP contribution in [0.25, 0.3) is 10.8 Å². The van der Waals surface area contributed by atoms with Crippen molar-refractivity contribution in [3.63, 3.8) is 0 Å². The number of carbonyl (C=O) groups excluding carboxylic acids is 2. The van der Waals surface area contributed by atoms with Crippen molar-refractivity contribution in [3.8, 4) is 11.5 Å². The lowest BCUT2D eigenvalue weighted by molar-refractivity contribution is -0.116. The monoisotopic (exact) mass is 244 g/mol. The van der Waals surface area contributed by atoms with Gasteiger partial charge in [-0.2, -0.15) is 0 Å². The lowest BCUT2D eigenvalue weighted by Gasteiger charge is -2.05. The molecular formula is C14H12O4. The Morgan fingerprint density at radius 1 is 1.11 bits per heavy atom. The van der Waals surface area contributed by atoms with Crippen LogP contribution in [0.1, 0.15) is 23.7 Å². The third-order valence-corrected chi connectivity index (χ3v) is 2.65. The fourth-order valence-electron chi connectivity index (χ4n) is 1.82. The Balaban J connectivity index is 2.50. The van der Waals surface area contributed by atoms with Gasteiger partial charge in [0.05, 0.1) is 6.42 Å². The van der Waals surface area contributed by atoms with Gasteiger partial charge >= 0.3 is 0 Å². The zero-order valence-corrected chi connectivity index (χ0v) is 9.80. The van der Waals surface area contributed by atoms with E-state index in [0.29, 0.717) is 16.3 Å². The summed E-state index contributed by atoms with van der Waals surface area (Å²) in [6.07, 6.45) is -0.148. The molecule has 0 aromatic heterocycles. The lowest BCUT2D eigenvalue weighted by Crippen LogP contribution is -2.04. The molecule has 18 heavy (non-hydrogen) atoms. The third-order valence-electron chi connectivity index (χ3n) is 2.65.